The average molecular weight is 429 g/mol. The molecule has 6 nitrogen and oxygen atoms in total. The number of nitrogen functional groups attached to an aromatic ring is 1. The molecule has 0 saturated heterocycles. The molecule has 29 heavy (non-hydrogen) atoms. The summed E-state index contributed by atoms with van der Waals surface area (Å²) < 4.78 is 1.06. The number of nitrogens with one attached hydrogen (secondary N) is 1. The molecule has 4 rings (SSSR count). The number of benzene rings is 1. The van der Waals surface area contributed by atoms with Crippen molar-refractivity contribution in [2.75, 3.05) is 11.6 Å². The van der Waals surface area contributed by atoms with Crippen LogP contribution in [0.1, 0.15) is 38.5 Å². The summed E-state index contributed by atoms with van der Waals surface area (Å²) in [5.74, 6) is 6.20. The third-order valence-electron chi connectivity index (χ3n) is 5.24. The van der Waals surface area contributed by atoms with Crippen molar-refractivity contribution in [2.24, 2.45) is 0 Å². The van der Waals surface area contributed by atoms with E-state index in [2.05, 4.69) is 10.3 Å². The van der Waals surface area contributed by atoms with Crippen molar-refractivity contribution in [2.45, 2.75) is 49.7 Å². The number of aromatic nitrogens is 2. The average Bonchev–Trinajstić information content (AvgIpc) is 2.99. The number of thioether (sulfide) groups is 1. The molecule has 1 fully saturated rings. The number of carbonyl (C=O) groups excluding carboxylic acids is 1. The fourth-order valence-corrected chi connectivity index (χ4v) is 5.46. The molecule has 0 spiro atoms. The van der Waals surface area contributed by atoms with Crippen LogP contribution in [0.15, 0.2) is 45.7 Å². The highest BCUT2D eigenvalue weighted by molar-refractivity contribution is 7.99. The summed E-state index contributed by atoms with van der Waals surface area (Å²) in [6.45, 7) is 0. The van der Waals surface area contributed by atoms with Crippen molar-refractivity contribution in [3.05, 3.63) is 46.1 Å². The predicted octanol–water partition coefficient (Wildman–Crippen LogP) is 3.77. The van der Waals surface area contributed by atoms with E-state index in [4.69, 9.17) is 5.84 Å². The molecule has 1 aliphatic rings. The van der Waals surface area contributed by atoms with Crippen molar-refractivity contribution in [1.29, 1.82) is 0 Å². The van der Waals surface area contributed by atoms with Crippen LogP contribution in [0.3, 0.4) is 0 Å². The molecule has 3 N–H and O–H groups in total. The first kappa shape index (κ1) is 20.0. The lowest BCUT2D eigenvalue weighted by molar-refractivity contribution is -0.119. The minimum absolute atomic E-state index is 0.0348. The number of hydrogen-bond acceptors (Lipinski definition) is 6. The van der Waals surface area contributed by atoms with E-state index in [1.807, 2.05) is 35.7 Å². The second-order valence-electron chi connectivity index (χ2n) is 7.31. The lowest BCUT2D eigenvalue weighted by Crippen LogP contribution is -2.36. The number of carbonyl (C=O) groups is 1. The fraction of sp³-hybridized carbons (Fsp3) is 0.381. The van der Waals surface area contributed by atoms with E-state index < -0.39 is 0 Å². The Bertz CT molecular complexity index is 1050. The van der Waals surface area contributed by atoms with Gasteiger partial charge in [-0.3, -0.25) is 9.59 Å². The zero-order valence-electron chi connectivity index (χ0n) is 16.1. The second-order valence-corrected chi connectivity index (χ2v) is 9.11. The van der Waals surface area contributed by atoms with Crippen LogP contribution < -0.4 is 16.7 Å². The number of nitrogens with two attached hydrogens (primary N) is 1. The minimum atomic E-state index is -0.290. The molecule has 0 atom stereocenters. The van der Waals surface area contributed by atoms with E-state index in [0.29, 0.717) is 15.4 Å². The quantitative estimate of drug-likeness (QED) is 0.279. The number of thiophene rings is 1. The van der Waals surface area contributed by atoms with Crippen LogP contribution in [-0.2, 0) is 4.79 Å². The highest BCUT2D eigenvalue weighted by Gasteiger charge is 2.18. The maximum absolute atomic E-state index is 12.9. The molecule has 1 saturated carbocycles. The molecule has 1 aromatic carbocycles. The standard InChI is InChI=1S/C21H24N4O2S2/c22-25-20(27)18-16(14-8-4-3-5-9-14)12-28-19(18)24-21(25)29-13-17(26)23-15-10-6-1-2-7-11-15/h3-5,8-9,12,15H,1-2,6-7,10-11,13,22H2,(H,23,26). The Labute approximate surface area is 177 Å². The van der Waals surface area contributed by atoms with Crippen LogP contribution >= 0.6 is 23.1 Å². The number of rotatable bonds is 5. The van der Waals surface area contributed by atoms with E-state index >= 15 is 0 Å². The summed E-state index contributed by atoms with van der Waals surface area (Å²) in [5.41, 5.74) is 1.51. The third-order valence-corrected chi connectivity index (χ3v) is 7.07. The monoisotopic (exact) mass is 428 g/mol. The summed E-state index contributed by atoms with van der Waals surface area (Å²) in [6, 6.07) is 9.98. The molecule has 2 aromatic heterocycles. The normalized spacial score (nSPS) is 15.3. The molecule has 152 valence electrons. The molecule has 8 heteroatoms. The van der Waals surface area contributed by atoms with Crippen LogP contribution in [0.25, 0.3) is 21.3 Å². The van der Waals surface area contributed by atoms with Gasteiger partial charge in [-0.1, -0.05) is 67.8 Å². The van der Waals surface area contributed by atoms with Crippen molar-refractivity contribution < 1.29 is 4.79 Å². The Morgan fingerprint density at radius 2 is 1.93 bits per heavy atom. The van der Waals surface area contributed by atoms with Crippen molar-refractivity contribution in [3.8, 4) is 11.1 Å². The smallest absolute Gasteiger partial charge is 0.282 e. The molecule has 2 heterocycles. The van der Waals surface area contributed by atoms with Gasteiger partial charge in [-0.25, -0.2) is 9.66 Å². The van der Waals surface area contributed by atoms with Crippen molar-refractivity contribution in [3.63, 3.8) is 0 Å². The SMILES string of the molecule is Nn1c(SCC(=O)NC2CCCCCC2)nc2scc(-c3ccccc3)c2c1=O. The van der Waals surface area contributed by atoms with Crippen molar-refractivity contribution in [1.82, 2.24) is 15.0 Å². The zero-order valence-corrected chi connectivity index (χ0v) is 17.7. The maximum Gasteiger partial charge on any atom is 0.282 e. The van der Waals surface area contributed by atoms with Gasteiger partial charge in [-0.2, -0.15) is 0 Å². The highest BCUT2D eigenvalue weighted by Crippen LogP contribution is 2.31. The van der Waals surface area contributed by atoms with E-state index in [0.717, 1.165) is 28.6 Å². The number of fused-ring (bicyclic) bond motifs is 1. The summed E-state index contributed by atoms with van der Waals surface area (Å²) >= 11 is 2.62. The highest BCUT2D eigenvalue weighted by atomic mass is 32.2. The van der Waals surface area contributed by atoms with Gasteiger partial charge in [0.05, 0.1) is 11.1 Å². The van der Waals surface area contributed by atoms with Gasteiger partial charge >= 0.3 is 0 Å². The van der Waals surface area contributed by atoms with Gasteiger partial charge in [0, 0.05) is 17.0 Å². The van der Waals surface area contributed by atoms with Crippen molar-refractivity contribution >= 4 is 39.2 Å². The molecule has 0 unspecified atom stereocenters. The molecule has 1 amide bonds. The minimum Gasteiger partial charge on any atom is -0.353 e. The predicted molar refractivity (Wildman–Crippen MR) is 120 cm³/mol. The molecule has 0 bridgehead atoms. The Morgan fingerprint density at radius 1 is 1.21 bits per heavy atom. The molecular formula is C21H24N4O2S2. The van der Waals surface area contributed by atoms with Crippen LogP contribution in [0.4, 0.5) is 0 Å². The first-order valence-corrected chi connectivity index (χ1v) is 11.8. The van der Waals surface area contributed by atoms with Crippen LogP contribution in [0, 0.1) is 0 Å². The fourth-order valence-electron chi connectivity index (χ4n) is 3.74. The van der Waals surface area contributed by atoms with Gasteiger partial charge < -0.3 is 11.2 Å². The van der Waals surface area contributed by atoms with Crippen LogP contribution in [0.2, 0.25) is 0 Å². The maximum atomic E-state index is 12.9. The second kappa shape index (κ2) is 9.00. The molecular weight excluding hydrogens is 404 g/mol. The first-order valence-electron chi connectivity index (χ1n) is 9.90. The Kier molecular flexibility index (Phi) is 6.20. The largest absolute Gasteiger partial charge is 0.353 e. The zero-order chi connectivity index (χ0) is 20.2. The van der Waals surface area contributed by atoms with E-state index in [9.17, 15) is 9.59 Å². The lowest BCUT2D eigenvalue weighted by Gasteiger charge is -2.16. The van der Waals surface area contributed by atoms with E-state index in [1.54, 1.807) is 0 Å². The van der Waals surface area contributed by atoms with Gasteiger partial charge in [-0.05, 0) is 18.4 Å². The molecule has 0 aliphatic heterocycles. The Morgan fingerprint density at radius 3 is 2.66 bits per heavy atom. The van der Waals surface area contributed by atoms with Gasteiger partial charge in [0.25, 0.3) is 5.56 Å². The van der Waals surface area contributed by atoms with Gasteiger partial charge in [0.1, 0.15) is 4.83 Å². The topological polar surface area (TPSA) is 90.0 Å². The summed E-state index contributed by atoms with van der Waals surface area (Å²) in [4.78, 5) is 30.5. The summed E-state index contributed by atoms with van der Waals surface area (Å²) in [6.07, 6.45) is 6.91. The van der Waals surface area contributed by atoms with Crippen LogP contribution in [-0.4, -0.2) is 27.4 Å². The lowest BCUT2D eigenvalue weighted by atomic mass is 10.1. The number of hydrogen-bond donors (Lipinski definition) is 2. The first-order chi connectivity index (χ1) is 14.1. The number of amides is 1. The summed E-state index contributed by atoms with van der Waals surface area (Å²) in [7, 11) is 0. The van der Waals surface area contributed by atoms with Gasteiger partial charge in [-0.15, -0.1) is 11.3 Å². The third kappa shape index (κ3) is 4.48. The number of nitrogens with zero attached hydrogens (tertiary/aromatic N) is 2. The molecule has 3 aromatic rings. The van der Waals surface area contributed by atoms with E-state index in [1.165, 1.54) is 48.8 Å². The Balaban J connectivity index is 1.50. The molecule has 1 aliphatic carbocycles. The molecule has 0 radical (unpaired) electrons. The Hall–Kier alpha value is -2.32. The van der Waals surface area contributed by atoms with Gasteiger partial charge in [0.15, 0.2) is 5.16 Å². The van der Waals surface area contributed by atoms with Gasteiger partial charge in [0.2, 0.25) is 5.91 Å². The van der Waals surface area contributed by atoms with E-state index in [-0.39, 0.29) is 23.3 Å². The van der Waals surface area contributed by atoms with Crippen LogP contribution in [0.5, 0.6) is 0 Å². The summed E-state index contributed by atoms with van der Waals surface area (Å²) in [5, 5.41) is 5.93.